The summed E-state index contributed by atoms with van der Waals surface area (Å²) < 4.78 is 0. The number of hydrogen-bond acceptors (Lipinski definition) is 3. The van der Waals surface area contributed by atoms with Crippen molar-refractivity contribution in [2.75, 3.05) is 12.4 Å². The number of aryl methyl sites for hydroxylation is 3. The average Bonchev–Trinajstić information content (AvgIpc) is 2.84. The highest BCUT2D eigenvalue weighted by atomic mass is 32.1. The first-order valence-corrected chi connectivity index (χ1v) is 5.93. The number of thiophene rings is 1. The SMILES string of the molecule is CNc1nc(CCc2cccs2)c(C)[nH]1. The van der Waals surface area contributed by atoms with Crippen LogP contribution in [0, 0.1) is 6.92 Å². The lowest BCUT2D eigenvalue weighted by atomic mass is 10.2. The first-order valence-electron chi connectivity index (χ1n) is 5.05. The Hall–Kier alpha value is -1.29. The molecule has 2 aromatic rings. The molecule has 15 heavy (non-hydrogen) atoms. The molecule has 2 N–H and O–H groups in total. The fourth-order valence-electron chi connectivity index (χ4n) is 1.55. The third kappa shape index (κ3) is 2.39. The number of aromatic amines is 1. The van der Waals surface area contributed by atoms with E-state index in [2.05, 4.69) is 39.7 Å². The molecule has 0 aliphatic rings. The maximum Gasteiger partial charge on any atom is 0.200 e. The number of nitrogens with one attached hydrogen (secondary N) is 2. The van der Waals surface area contributed by atoms with Gasteiger partial charge in [0.2, 0.25) is 0 Å². The zero-order chi connectivity index (χ0) is 10.7. The van der Waals surface area contributed by atoms with Crippen molar-refractivity contribution in [3.8, 4) is 0 Å². The van der Waals surface area contributed by atoms with Crippen LogP contribution in [0.1, 0.15) is 16.3 Å². The summed E-state index contributed by atoms with van der Waals surface area (Å²) in [6.45, 7) is 2.07. The lowest BCUT2D eigenvalue weighted by molar-refractivity contribution is 0.929. The van der Waals surface area contributed by atoms with Gasteiger partial charge in [-0.15, -0.1) is 11.3 Å². The van der Waals surface area contributed by atoms with Crippen molar-refractivity contribution in [1.29, 1.82) is 0 Å². The van der Waals surface area contributed by atoms with Crippen molar-refractivity contribution in [2.24, 2.45) is 0 Å². The van der Waals surface area contributed by atoms with Crippen LogP contribution in [0.4, 0.5) is 5.95 Å². The molecule has 2 aromatic heterocycles. The smallest absolute Gasteiger partial charge is 0.200 e. The minimum atomic E-state index is 0.855. The second kappa shape index (κ2) is 4.49. The van der Waals surface area contributed by atoms with Crippen LogP contribution in [-0.2, 0) is 12.8 Å². The van der Waals surface area contributed by atoms with Crippen molar-refractivity contribution in [2.45, 2.75) is 19.8 Å². The molecule has 0 atom stereocenters. The van der Waals surface area contributed by atoms with Gasteiger partial charge in [-0.3, -0.25) is 0 Å². The predicted molar refractivity (Wildman–Crippen MR) is 64.6 cm³/mol. The van der Waals surface area contributed by atoms with Gasteiger partial charge in [-0.1, -0.05) is 6.07 Å². The zero-order valence-corrected chi connectivity index (χ0v) is 9.82. The molecule has 0 fully saturated rings. The largest absolute Gasteiger partial charge is 0.359 e. The van der Waals surface area contributed by atoms with Gasteiger partial charge in [0, 0.05) is 17.6 Å². The number of anilines is 1. The standard InChI is InChI=1S/C11H15N3S/c1-8-10(14-11(12-2)13-8)6-5-9-4-3-7-15-9/h3-4,7H,5-6H2,1-2H3,(H2,12,13,14). The van der Waals surface area contributed by atoms with Crippen LogP contribution >= 0.6 is 11.3 Å². The van der Waals surface area contributed by atoms with Crippen LogP contribution in [0.25, 0.3) is 0 Å². The van der Waals surface area contributed by atoms with E-state index in [4.69, 9.17) is 0 Å². The van der Waals surface area contributed by atoms with Gasteiger partial charge in [0.05, 0.1) is 5.69 Å². The molecule has 3 nitrogen and oxygen atoms in total. The van der Waals surface area contributed by atoms with Crippen molar-refractivity contribution < 1.29 is 0 Å². The second-order valence-electron chi connectivity index (χ2n) is 3.49. The Morgan fingerprint density at radius 1 is 1.47 bits per heavy atom. The Kier molecular flexibility index (Phi) is 3.06. The Bertz CT molecular complexity index is 417. The Morgan fingerprint density at radius 2 is 2.33 bits per heavy atom. The van der Waals surface area contributed by atoms with E-state index in [1.165, 1.54) is 4.88 Å². The third-order valence-corrected chi connectivity index (χ3v) is 3.35. The lowest BCUT2D eigenvalue weighted by Crippen LogP contribution is -1.92. The molecular weight excluding hydrogens is 206 g/mol. The highest BCUT2D eigenvalue weighted by molar-refractivity contribution is 7.09. The summed E-state index contributed by atoms with van der Waals surface area (Å²) in [5.41, 5.74) is 2.32. The van der Waals surface area contributed by atoms with Gasteiger partial charge >= 0.3 is 0 Å². The van der Waals surface area contributed by atoms with Crippen molar-refractivity contribution in [1.82, 2.24) is 9.97 Å². The molecule has 0 saturated heterocycles. The van der Waals surface area contributed by atoms with Crippen molar-refractivity contribution in [3.63, 3.8) is 0 Å². The van der Waals surface area contributed by atoms with E-state index < -0.39 is 0 Å². The quantitative estimate of drug-likeness (QED) is 0.833. The summed E-state index contributed by atoms with van der Waals surface area (Å²) in [6.07, 6.45) is 2.08. The topological polar surface area (TPSA) is 40.7 Å². The monoisotopic (exact) mass is 221 g/mol. The Balaban J connectivity index is 2.01. The van der Waals surface area contributed by atoms with E-state index in [0.29, 0.717) is 0 Å². The maximum absolute atomic E-state index is 4.47. The highest BCUT2D eigenvalue weighted by Crippen LogP contribution is 2.14. The number of nitrogens with zero attached hydrogens (tertiary/aromatic N) is 1. The summed E-state index contributed by atoms with van der Waals surface area (Å²) in [6, 6.07) is 4.27. The fraction of sp³-hybridized carbons (Fsp3) is 0.364. The van der Waals surface area contributed by atoms with Crippen LogP contribution < -0.4 is 5.32 Å². The summed E-state index contributed by atoms with van der Waals surface area (Å²) in [7, 11) is 1.88. The van der Waals surface area contributed by atoms with Gasteiger partial charge in [-0.2, -0.15) is 0 Å². The van der Waals surface area contributed by atoms with Gasteiger partial charge in [0.15, 0.2) is 5.95 Å². The van der Waals surface area contributed by atoms with Crippen molar-refractivity contribution >= 4 is 17.3 Å². The molecule has 0 aromatic carbocycles. The molecule has 0 aliphatic carbocycles. The average molecular weight is 221 g/mol. The number of imidazole rings is 1. The van der Waals surface area contributed by atoms with Crippen LogP contribution in [0.5, 0.6) is 0 Å². The van der Waals surface area contributed by atoms with E-state index in [-0.39, 0.29) is 0 Å². The molecule has 0 bridgehead atoms. The Morgan fingerprint density at radius 3 is 2.93 bits per heavy atom. The molecule has 0 unspecified atom stereocenters. The molecule has 2 heterocycles. The van der Waals surface area contributed by atoms with Gasteiger partial charge in [-0.25, -0.2) is 4.98 Å². The normalized spacial score (nSPS) is 10.5. The van der Waals surface area contributed by atoms with E-state index >= 15 is 0 Å². The van der Waals surface area contributed by atoms with Crippen LogP contribution in [-0.4, -0.2) is 17.0 Å². The van der Waals surface area contributed by atoms with Gasteiger partial charge in [-0.05, 0) is 31.2 Å². The number of H-pyrrole nitrogens is 1. The molecule has 0 amide bonds. The summed E-state index contributed by atoms with van der Waals surface area (Å²) in [5, 5.41) is 5.13. The third-order valence-electron chi connectivity index (χ3n) is 2.41. The number of aromatic nitrogens is 2. The second-order valence-corrected chi connectivity index (χ2v) is 4.52. The number of rotatable bonds is 4. The Labute approximate surface area is 93.6 Å². The van der Waals surface area contributed by atoms with Crippen LogP contribution in [0.2, 0.25) is 0 Å². The van der Waals surface area contributed by atoms with E-state index in [1.807, 2.05) is 7.05 Å². The van der Waals surface area contributed by atoms with Crippen LogP contribution in [0.3, 0.4) is 0 Å². The van der Waals surface area contributed by atoms with Crippen molar-refractivity contribution in [3.05, 3.63) is 33.8 Å². The first-order chi connectivity index (χ1) is 7.29. The molecule has 0 radical (unpaired) electrons. The molecule has 4 heteroatoms. The van der Waals surface area contributed by atoms with E-state index in [9.17, 15) is 0 Å². The van der Waals surface area contributed by atoms with Gasteiger partial charge in [0.1, 0.15) is 0 Å². The first kappa shape index (κ1) is 10.2. The molecule has 2 rings (SSSR count). The lowest BCUT2D eigenvalue weighted by Gasteiger charge is -1.95. The predicted octanol–water partition coefficient (Wildman–Crippen LogP) is 2.61. The van der Waals surface area contributed by atoms with Gasteiger partial charge in [0.25, 0.3) is 0 Å². The van der Waals surface area contributed by atoms with Crippen LogP contribution in [0.15, 0.2) is 17.5 Å². The highest BCUT2D eigenvalue weighted by Gasteiger charge is 2.05. The molecule has 80 valence electrons. The zero-order valence-electron chi connectivity index (χ0n) is 9.00. The number of hydrogen-bond donors (Lipinski definition) is 2. The summed E-state index contributed by atoms with van der Waals surface area (Å²) in [5.74, 6) is 0.855. The summed E-state index contributed by atoms with van der Waals surface area (Å²) in [4.78, 5) is 9.09. The van der Waals surface area contributed by atoms with Gasteiger partial charge < -0.3 is 10.3 Å². The molecular formula is C11H15N3S. The fourth-order valence-corrected chi connectivity index (χ4v) is 2.26. The molecule has 0 saturated carbocycles. The van der Waals surface area contributed by atoms with E-state index in [0.717, 1.165) is 30.2 Å². The maximum atomic E-state index is 4.47. The van der Waals surface area contributed by atoms with E-state index in [1.54, 1.807) is 11.3 Å². The minimum absolute atomic E-state index is 0.855. The minimum Gasteiger partial charge on any atom is -0.359 e. The summed E-state index contributed by atoms with van der Waals surface area (Å²) >= 11 is 1.81. The molecule has 0 aliphatic heterocycles. The molecule has 0 spiro atoms.